The second-order valence-electron chi connectivity index (χ2n) is 5.02. The van der Waals surface area contributed by atoms with Gasteiger partial charge in [-0.3, -0.25) is 9.10 Å². The SMILES string of the molecule is COc1ccc(S(=O)(=O)N(CC(=O)O)c2cccc(F)c2)cc1C. The van der Waals surface area contributed by atoms with E-state index < -0.39 is 28.4 Å². The standard InChI is InChI=1S/C16H16FNO5S/c1-11-8-14(6-7-15(11)23-2)24(21,22)18(10-16(19)20)13-5-3-4-12(17)9-13/h3-9H,10H2,1-2H3,(H,19,20). The summed E-state index contributed by atoms with van der Waals surface area (Å²) >= 11 is 0. The minimum absolute atomic E-state index is 0.0640. The highest BCUT2D eigenvalue weighted by Gasteiger charge is 2.27. The van der Waals surface area contributed by atoms with Crippen LogP contribution in [0.3, 0.4) is 0 Å². The summed E-state index contributed by atoms with van der Waals surface area (Å²) in [5.41, 5.74) is 0.513. The van der Waals surface area contributed by atoms with Crippen molar-refractivity contribution < 1.29 is 27.4 Å². The maximum absolute atomic E-state index is 13.4. The predicted molar refractivity (Wildman–Crippen MR) is 86.3 cm³/mol. The van der Waals surface area contributed by atoms with Gasteiger partial charge in [-0.2, -0.15) is 0 Å². The number of ether oxygens (including phenoxy) is 1. The minimum atomic E-state index is -4.18. The average Bonchev–Trinajstić information content (AvgIpc) is 2.52. The normalized spacial score (nSPS) is 11.1. The molecular formula is C16H16FNO5S. The zero-order valence-electron chi connectivity index (χ0n) is 13.1. The second kappa shape index (κ2) is 6.88. The number of halogens is 1. The van der Waals surface area contributed by atoms with Crippen LogP contribution < -0.4 is 9.04 Å². The Morgan fingerprint density at radius 2 is 1.96 bits per heavy atom. The van der Waals surface area contributed by atoms with Crippen LogP contribution in [0.25, 0.3) is 0 Å². The molecule has 0 aliphatic rings. The van der Waals surface area contributed by atoms with E-state index >= 15 is 0 Å². The maximum Gasteiger partial charge on any atom is 0.324 e. The third-order valence-electron chi connectivity index (χ3n) is 3.33. The van der Waals surface area contributed by atoms with E-state index in [1.54, 1.807) is 6.92 Å². The van der Waals surface area contributed by atoms with Crippen LogP contribution in [0, 0.1) is 12.7 Å². The average molecular weight is 353 g/mol. The molecule has 128 valence electrons. The zero-order valence-corrected chi connectivity index (χ0v) is 13.9. The fourth-order valence-electron chi connectivity index (χ4n) is 2.21. The number of rotatable bonds is 6. The van der Waals surface area contributed by atoms with Crippen molar-refractivity contribution in [2.75, 3.05) is 18.0 Å². The molecule has 2 aromatic carbocycles. The molecule has 0 saturated heterocycles. The number of nitrogens with zero attached hydrogens (tertiary/aromatic N) is 1. The van der Waals surface area contributed by atoms with Crippen molar-refractivity contribution in [3.05, 3.63) is 53.8 Å². The summed E-state index contributed by atoms with van der Waals surface area (Å²) in [6.45, 7) is 0.846. The smallest absolute Gasteiger partial charge is 0.324 e. The summed E-state index contributed by atoms with van der Waals surface area (Å²) in [5.74, 6) is -1.51. The molecule has 6 nitrogen and oxygen atoms in total. The summed E-state index contributed by atoms with van der Waals surface area (Å²) in [5, 5.41) is 9.04. The van der Waals surface area contributed by atoms with Crippen LogP contribution in [0.2, 0.25) is 0 Å². The first-order chi connectivity index (χ1) is 11.3. The highest BCUT2D eigenvalue weighted by atomic mass is 32.2. The number of methoxy groups -OCH3 is 1. The van der Waals surface area contributed by atoms with E-state index in [0.29, 0.717) is 15.6 Å². The first-order valence-corrected chi connectivity index (χ1v) is 8.34. The number of carbonyl (C=O) groups is 1. The van der Waals surface area contributed by atoms with Crippen molar-refractivity contribution in [1.29, 1.82) is 0 Å². The molecule has 2 aromatic rings. The molecule has 0 heterocycles. The molecule has 0 aliphatic heterocycles. The van der Waals surface area contributed by atoms with Gasteiger partial charge in [-0.05, 0) is 48.9 Å². The van der Waals surface area contributed by atoms with Gasteiger partial charge in [0.1, 0.15) is 18.1 Å². The van der Waals surface area contributed by atoms with Crippen LogP contribution >= 0.6 is 0 Å². The van der Waals surface area contributed by atoms with Crippen LogP contribution in [0.1, 0.15) is 5.56 Å². The lowest BCUT2D eigenvalue weighted by molar-refractivity contribution is -0.135. The molecule has 0 radical (unpaired) electrons. The van der Waals surface area contributed by atoms with Crippen LogP contribution in [0.4, 0.5) is 10.1 Å². The molecule has 24 heavy (non-hydrogen) atoms. The van der Waals surface area contributed by atoms with Gasteiger partial charge < -0.3 is 9.84 Å². The van der Waals surface area contributed by atoms with E-state index in [1.807, 2.05) is 0 Å². The number of anilines is 1. The minimum Gasteiger partial charge on any atom is -0.496 e. The summed E-state index contributed by atoms with van der Waals surface area (Å²) in [6, 6.07) is 8.93. The Labute approximate surface area is 139 Å². The van der Waals surface area contributed by atoms with E-state index in [-0.39, 0.29) is 10.6 Å². The first kappa shape index (κ1) is 17.7. The van der Waals surface area contributed by atoms with Gasteiger partial charge in [-0.25, -0.2) is 12.8 Å². The molecule has 0 atom stereocenters. The maximum atomic E-state index is 13.4. The van der Waals surface area contributed by atoms with Gasteiger partial charge in [0.15, 0.2) is 0 Å². The molecule has 0 bridgehead atoms. The molecule has 0 saturated carbocycles. The first-order valence-electron chi connectivity index (χ1n) is 6.90. The lowest BCUT2D eigenvalue weighted by atomic mass is 10.2. The second-order valence-corrected chi connectivity index (χ2v) is 6.88. The van der Waals surface area contributed by atoms with E-state index in [4.69, 9.17) is 9.84 Å². The Morgan fingerprint density at radius 3 is 2.50 bits per heavy atom. The molecule has 0 aromatic heterocycles. The van der Waals surface area contributed by atoms with Crippen molar-refractivity contribution in [2.45, 2.75) is 11.8 Å². The Hall–Kier alpha value is -2.61. The molecular weight excluding hydrogens is 337 g/mol. The third kappa shape index (κ3) is 3.65. The van der Waals surface area contributed by atoms with Gasteiger partial charge in [0.05, 0.1) is 17.7 Å². The van der Waals surface area contributed by atoms with Crippen molar-refractivity contribution in [2.24, 2.45) is 0 Å². The highest BCUT2D eigenvalue weighted by molar-refractivity contribution is 7.92. The number of carboxylic acids is 1. The summed E-state index contributed by atoms with van der Waals surface area (Å²) in [4.78, 5) is 11.0. The third-order valence-corrected chi connectivity index (χ3v) is 5.10. The van der Waals surface area contributed by atoms with Gasteiger partial charge in [0.2, 0.25) is 0 Å². The number of aliphatic carboxylic acids is 1. The molecule has 0 aliphatic carbocycles. The molecule has 0 unspecified atom stereocenters. The quantitative estimate of drug-likeness (QED) is 0.862. The molecule has 0 spiro atoms. The highest BCUT2D eigenvalue weighted by Crippen LogP contribution is 2.27. The molecule has 0 amide bonds. The Morgan fingerprint density at radius 1 is 1.25 bits per heavy atom. The molecule has 1 N–H and O–H groups in total. The topological polar surface area (TPSA) is 83.9 Å². The van der Waals surface area contributed by atoms with Crippen LogP contribution in [-0.4, -0.2) is 33.1 Å². The lowest BCUT2D eigenvalue weighted by Crippen LogP contribution is -2.35. The Bertz CT molecular complexity index is 867. The zero-order chi connectivity index (χ0) is 17.9. The summed E-state index contributed by atoms with van der Waals surface area (Å²) in [7, 11) is -2.72. The van der Waals surface area contributed by atoms with Gasteiger partial charge in [0.25, 0.3) is 10.0 Å². The van der Waals surface area contributed by atoms with E-state index in [0.717, 1.165) is 12.1 Å². The van der Waals surface area contributed by atoms with Gasteiger partial charge in [-0.1, -0.05) is 6.07 Å². The van der Waals surface area contributed by atoms with Crippen LogP contribution in [0.15, 0.2) is 47.4 Å². The fourth-order valence-corrected chi connectivity index (χ4v) is 3.70. The van der Waals surface area contributed by atoms with Crippen molar-refractivity contribution in [3.8, 4) is 5.75 Å². The van der Waals surface area contributed by atoms with Crippen LogP contribution in [0.5, 0.6) is 5.75 Å². The molecule has 8 heteroatoms. The van der Waals surface area contributed by atoms with Crippen molar-refractivity contribution in [1.82, 2.24) is 0 Å². The monoisotopic (exact) mass is 353 g/mol. The van der Waals surface area contributed by atoms with Gasteiger partial charge in [-0.15, -0.1) is 0 Å². The van der Waals surface area contributed by atoms with Crippen molar-refractivity contribution >= 4 is 21.7 Å². The number of hydrogen-bond acceptors (Lipinski definition) is 4. The number of hydrogen-bond donors (Lipinski definition) is 1. The van der Waals surface area contributed by atoms with E-state index in [9.17, 15) is 17.6 Å². The summed E-state index contributed by atoms with van der Waals surface area (Å²) in [6.07, 6.45) is 0. The van der Waals surface area contributed by atoms with E-state index in [2.05, 4.69) is 0 Å². The number of benzene rings is 2. The number of aryl methyl sites for hydroxylation is 1. The van der Waals surface area contributed by atoms with Crippen molar-refractivity contribution in [3.63, 3.8) is 0 Å². The fraction of sp³-hybridized carbons (Fsp3) is 0.188. The molecule has 0 fully saturated rings. The Kier molecular flexibility index (Phi) is 5.08. The Balaban J connectivity index is 2.55. The lowest BCUT2D eigenvalue weighted by Gasteiger charge is -2.23. The van der Waals surface area contributed by atoms with E-state index in [1.165, 1.54) is 37.4 Å². The van der Waals surface area contributed by atoms with Gasteiger partial charge >= 0.3 is 5.97 Å². The number of sulfonamides is 1. The van der Waals surface area contributed by atoms with Gasteiger partial charge in [0, 0.05) is 0 Å². The van der Waals surface area contributed by atoms with Crippen LogP contribution in [-0.2, 0) is 14.8 Å². The molecule has 2 rings (SSSR count). The largest absolute Gasteiger partial charge is 0.496 e. The predicted octanol–water partition coefficient (Wildman–Crippen LogP) is 2.42. The summed E-state index contributed by atoms with van der Waals surface area (Å²) < 4.78 is 44.8. The number of carboxylic acid groups (broad SMARTS) is 1.